The molecular weight excluding hydrogens is 250 g/mol. The van der Waals surface area contributed by atoms with Crippen LogP contribution in [0.1, 0.15) is 6.92 Å². The molecule has 0 spiro atoms. The zero-order chi connectivity index (χ0) is 13.2. The molecule has 2 rings (SSSR count). The Kier molecular flexibility index (Phi) is 3.28. The second kappa shape index (κ2) is 4.72. The number of rotatable bonds is 3. The fourth-order valence-corrected chi connectivity index (χ4v) is 3.03. The highest BCUT2D eigenvalue weighted by molar-refractivity contribution is 7.89. The topological polar surface area (TPSA) is 82.9 Å². The van der Waals surface area contributed by atoms with Crippen molar-refractivity contribution in [1.29, 1.82) is 5.26 Å². The summed E-state index contributed by atoms with van der Waals surface area (Å²) in [5.74, 6) is 0. The third-order valence-corrected chi connectivity index (χ3v) is 4.05. The third-order valence-electron chi connectivity index (χ3n) is 2.46. The van der Waals surface area contributed by atoms with Crippen molar-refractivity contribution < 1.29 is 8.42 Å². The van der Waals surface area contributed by atoms with Gasteiger partial charge in [0.05, 0.1) is 11.0 Å². The van der Waals surface area contributed by atoms with Crippen molar-refractivity contribution in [2.24, 2.45) is 0 Å². The van der Waals surface area contributed by atoms with Crippen LogP contribution in [0.4, 0.5) is 0 Å². The summed E-state index contributed by atoms with van der Waals surface area (Å²) in [5, 5.41) is 10.0. The zero-order valence-electron chi connectivity index (χ0n) is 9.66. The first-order valence-electron chi connectivity index (χ1n) is 5.29. The highest BCUT2D eigenvalue weighted by Crippen LogP contribution is 2.21. The van der Waals surface area contributed by atoms with Crippen LogP contribution in [0, 0.1) is 11.3 Å². The molecule has 6 heteroatoms. The molecule has 0 aliphatic heterocycles. The van der Waals surface area contributed by atoms with Crippen molar-refractivity contribution in [2.75, 3.05) is 0 Å². The molecule has 1 aromatic carbocycles. The number of nitrogens with zero attached hydrogens (tertiary/aromatic N) is 2. The van der Waals surface area contributed by atoms with Gasteiger partial charge < -0.3 is 0 Å². The van der Waals surface area contributed by atoms with Gasteiger partial charge in [-0.15, -0.1) is 0 Å². The van der Waals surface area contributed by atoms with Gasteiger partial charge in [-0.05, 0) is 19.1 Å². The molecule has 1 atom stereocenters. The summed E-state index contributed by atoms with van der Waals surface area (Å²) in [5.41, 5.74) is 0. The molecule has 92 valence electrons. The minimum absolute atomic E-state index is 0.157. The summed E-state index contributed by atoms with van der Waals surface area (Å²) in [6, 6.07) is 7.65. The molecule has 18 heavy (non-hydrogen) atoms. The smallest absolute Gasteiger partial charge is 0.242 e. The first-order valence-corrected chi connectivity index (χ1v) is 6.77. The minimum Gasteiger partial charge on any atom is -0.264 e. The maximum Gasteiger partial charge on any atom is 0.242 e. The van der Waals surface area contributed by atoms with E-state index in [1.807, 2.05) is 6.07 Å². The van der Waals surface area contributed by atoms with Gasteiger partial charge in [0.1, 0.15) is 6.04 Å². The Morgan fingerprint density at radius 2 is 2.17 bits per heavy atom. The standard InChI is InChI=1S/C12H11N3O2S/c1-9(7-13)15-18(16,17)12-4-2-3-10-8-14-6-5-11(10)12/h2-6,8-9,15H,1H3. The molecule has 5 nitrogen and oxygen atoms in total. The molecule has 1 aromatic heterocycles. The number of hydrogen-bond donors (Lipinski definition) is 1. The number of hydrogen-bond acceptors (Lipinski definition) is 4. The SMILES string of the molecule is CC(C#N)NS(=O)(=O)c1cccc2cnccc12. The number of sulfonamides is 1. The van der Waals surface area contributed by atoms with E-state index in [0.717, 1.165) is 5.39 Å². The highest BCUT2D eigenvalue weighted by atomic mass is 32.2. The lowest BCUT2D eigenvalue weighted by Gasteiger charge is -2.10. The van der Waals surface area contributed by atoms with Crippen LogP contribution in [-0.2, 0) is 10.0 Å². The predicted octanol–water partition coefficient (Wildman–Crippen LogP) is 1.43. The minimum atomic E-state index is -3.70. The monoisotopic (exact) mass is 261 g/mol. The van der Waals surface area contributed by atoms with Crippen LogP contribution in [-0.4, -0.2) is 19.4 Å². The van der Waals surface area contributed by atoms with E-state index in [9.17, 15) is 8.42 Å². The van der Waals surface area contributed by atoms with E-state index in [0.29, 0.717) is 5.39 Å². The van der Waals surface area contributed by atoms with Crippen molar-refractivity contribution in [2.45, 2.75) is 17.9 Å². The van der Waals surface area contributed by atoms with Crippen molar-refractivity contribution in [3.63, 3.8) is 0 Å². The molecule has 1 N–H and O–H groups in total. The van der Waals surface area contributed by atoms with E-state index in [4.69, 9.17) is 5.26 Å². The van der Waals surface area contributed by atoms with Gasteiger partial charge in [0.2, 0.25) is 10.0 Å². The Morgan fingerprint density at radius 3 is 2.89 bits per heavy atom. The van der Waals surface area contributed by atoms with Gasteiger partial charge in [0, 0.05) is 23.2 Å². The lowest BCUT2D eigenvalue weighted by molar-refractivity contribution is 0.578. The summed E-state index contributed by atoms with van der Waals surface area (Å²) in [4.78, 5) is 4.10. The third kappa shape index (κ3) is 2.32. The average Bonchev–Trinajstić information content (AvgIpc) is 2.37. The molecule has 0 bridgehead atoms. The van der Waals surface area contributed by atoms with E-state index in [1.54, 1.807) is 24.4 Å². The predicted molar refractivity (Wildman–Crippen MR) is 67.1 cm³/mol. The van der Waals surface area contributed by atoms with Gasteiger partial charge in [-0.25, -0.2) is 8.42 Å². The Hall–Kier alpha value is -1.97. The molecule has 0 radical (unpaired) electrons. The highest BCUT2D eigenvalue weighted by Gasteiger charge is 2.19. The number of aromatic nitrogens is 1. The Morgan fingerprint density at radius 1 is 1.39 bits per heavy atom. The Bertz CT molecular complexity index is 714. The van der Waals surface area contributed by atoms with E-state index in [-0.39, 0.29) is 4.90 Å². The molecule has 0 aliphatic rings. The maximum absolute atomic E-state index is 12.1. The number of benzene rings is 1. The molecule has 0 saturated carbocycles. The first-order chi connectivity index (χ1) is 8.54. The fraction of sp³-hybridized carbons (Fsp3) is 0.167. The van der Waals surface area contributed by atoms with Gasteiger partial charge >= 0.3 is 0 Å². The largest absolute Gasteiger partial charge is 0.264 e. The van der Waals surface area contributed by atoms with Gasteiger partial charge in [0.15, 0.2) is 0 Å². The molecule has 1 heterocycles. The molecule has 0 fully saturated rings. The number of pyridine rings is 1. The normalized spacial score (nSPS) is 13.1. The van der Waals surface area contributed by atoms with Crippen molar-refractivity contribution >= 4 is 20.8 Å². The summed E-state index contributed by atoms with van der Waals surface area (Å²) in [7, 11) is -3.70. The number of nitrogens with one attached hydrogen (secondary N) is 1. The molecule has 0 saturated heterocycles. The van der Waals surface area contributed by atoms with Gasteiger partial charge in [-0.2, -0.15) is 9.98 Å². The van der Waals surface area contributed by atoms with E-state index in [2.05, 4.69) is 9.71 Å². The molecular formula is C12H11N3O2S. The van der Waals surface area contributed by atoms with Crippen LogP contribution in [0.15, 0.2) is 41.6 Å². The zero-order valence-corrected chi connectivity index (χ0v) is 10.5. The van der Waals surface area contributed by atoms with Crippen molar-refractivity contribution in [1.82, 2.24) is 9.71 Å². The quantitative estimate of drug-likeness (QED) is 0.905. The van der Waals surface area contributed by atoms with Crippen molar-refractivity contribution in [3.8, 4) is 6.07 Å². The Labute approximate surface area is 105 Å². The summed E-state index contributed by atoms with van der Waals surface area (Å²) >= 11 is 0. The van der Waals surface area contributed by atoms with Crippen LogP contribution in [0.5, 0.6) is 0 Å². The van der Waals surface area contributed by atoms with E-state index >= 15 is 0 Å². The lowest BCUT2D eigenvalue weighted by atomic mass is 10.2. The fourth-order valence-electron chi connectivity index (χ4n) is 1.65. The summed E-state index contributed by atoms with van der Waals surface area (Å²) < 4.78 is 26.6. The number of fused-ring (bicyclic) bond motifs is 1. The van der Waals surface area contributed by atoms with Gasteiger partial charge in [-0.3, -0.25) is 4.98 Å². The summed E-state index contributed by atoms with van der Waals surface area (Å²) in [6.45, 7) is 1.49. The second-order valence-electron chi connectivity index (χ2n) is 3.83. The molecule has 2 aromatic rings. The molecule has 0 aliphatic carbocycles. The van der Waals surface area contributed by atoms with Crippen LogP contribution in [0.25, 0.3) is 10.8 Å². The van der Waals surface area contributed by atoms with Crippen molar-refractivity contribution in [3.05, 3.63) is 36.7 Å². The van der Waals surface area contributed by atoms with Gasteiger partial charge in [-0.1, -0.05) is 12.1 Å². The van der Waals surface area contributed by atoms with Crippen LogP contribution < -0.4 is 4.72 Å². The van der Waals surface area contributed by atoms with E-state index in [1.165, 1.54) is 19.2 Å². The van der Waals surface area contributed by atoms with Crippen LogP contribution in [0.3, 0.4) is 0 Å². The first kappa shape index (κ1) is 12.5. The average molecular weight is 261 g/mol. The van der Waals surface area contributed by atoms with E-state index < -0.39 is 16.1 Å². The van der Waals surface area contributed by atoms with Crippen LogP contribution >= 0.6 is 0 Å². The molecule has 0 amide bonds. The van der Waals surface area contributed by atoms with Crippen LogP contribution in [0.2, 0.25) is 0 Å². The number of nitriles is 1. The lowest BCUT2D eigenvalue weighted by Crippen LogP contribution is -2.31. The second-order valence-corrected chi connectivity index (χ2v) is 5.51. The maximum atomic E-state index is 12.1. The summed E-state index contributed by atoms with van der Waals surface area (Å²) in [6.07, 6.45) is 3.14. The Balaban J connectivity index is 2.58. The molecule has 1 unspecified atom stereocenters. The van der Waals surface area contributed by atoms with Gasteiger partial charge in [0.25, 0.3) is 0 Å².